The molecular formula is C15H14N4O3S. The van der Waals surface area contributed by atoms with E-state index >= 15 is 0 Å². The van der Waals surface area contributed by atoms with Crippen LogP contribution in [-0.4, -0.2) is 19.7 Å². The molecule has 0 amide bonds. The van der Waals surface area contributed by atoms with Crippen LogP contribution in [0.15, 0.2) is 42.0 Å². The van der Waals surface area contributed by atoms with E-state index < -0.39 is 4.92 Å². The maximum atomic E-state index is 10.6. The van der Waals surface area contributed by atoms with Crippen LogP contribution in [-0.2, 0) is 13.2 Å². The van der Waals surface area contributed by atoms with Gasteiger partial charge in [-0.1, -0.05) is 17.7 Å². The summed E-state index contributed by atoms with van der Waals surface area (Å²) >= 11 is 1.49. The van der Waals surface area contributed by atoms with Gasteiger partial charge in [-0.3, -0.25) is 14.8 Å². The summed E-state index contributed by atoms with van der Waals surface area (Å²) < 4.78 is 7.18. The molecule has 0 spiro atoms. The second kappa shape index (κ2) is 6.57. The average molecular weight is 330 g/mol. The number of hydrogen-bond donors (Lipinski definition) is 0. The molecule has 1 aromatic carbocycles. The van der Waals surface area contributed by atoms with Crippen LogP contribution in [0.5, 0.6) is 5.75 Å². The molecule has 0 atom stereocenters. The number of nitrogens with zero attached hydrogens (tertiary/aromatic N) is 4. The van der Waals surface area contributed by atoms with E-state index in [1.54, 1.807) is 0 Å². The predicted octanol–water partition coefficient (Wildman–Crippen LogP) is 3.18. The number of rotatable bonds is 6. The van der Waals surface area contributed by atoms with E-state index in [4.69, 9.17) is 4.74 Å². The lowest BCUT2D eigenvalue weighted by molar-refractivity contribution is -0.385. The van der Waals surface area contributed by atoms with Crippen LogP contribution < -0.4 is 4.74 Å². The van der Waals surface area contributed by atoms with Crippen LogP contribution in [0.1, 0.15) is 16.3 Å². The van der Waals surface area contributed by atoms with E-state index in [0.29, 0.717) is 13.2 Å². The number of benzene rings is 1. The molecule has 23 heavy (non-hydrogen) atoms. The molecule has 0 N–H and O–H groups in total. The van der Waals surface area contributed by atoms with Crippen molar-refractivity contribution in [3.63, 3.8) is 0 Å². The highest BCUT2D eigenvalue weighted by Gasteiger charge is 2.10. The van der Waals surface area contributed by atoms with E-state index in [9.17, 15) is 10.1 Å². The Kier molecular flexibility index (Phi) is 4.33. The van der Waals surface area contributed by atoms with Gasteiger partial charge in [0, 0.05) is 5.38 Å². The summed E-state index contributed by atoms with van der Waals surface area (Å²) in [6, 6.07) is 7.83. The van der Waals surface area contributed by atoms with Gasteiger partial charge in [-0.15, -0.1) is 11.3 Å². The SMILES string of the molecule is Cc1ccc(OCc2nc(Cn3cc([N+](=O)[O-])cn3)cs2)cc1. The van der Waals surface area contributed by atoms with E-state index in [0.717, 1.165) is 16.5 Å². The van der Waals surface area contributed by atoms with Crippen molar-refractivity contribution >= 4 is 17.0 Å². The zero-order valence-electron chi connectivity index (χ0n) is 12.4. The van der Waals surface area contributed by atoms with Crippen LogP contribution in [0.4, 0.5) is 5.69 Å². The molecule has 3 rings (SSSR count). The standard InChI is InChI=1S/C15H14N4O3S/c1-11-2-4-14(5-3-11)22-9-15-17-12(10-23-15)7-18-8-13(6-16-18)19(20)21/h2-6,8,10H,7,9H2,1H3. The minimum absolute atomic E-state index is 0.0249. The summed E-state index contributed by atoms with van der Waals surface area (Å²) in [6.45, 7) is 2.82. The second-order valence-electron chi connectivity index (χ2n) is 4.99. The first kappa shape index (κ1) is 15.2. The van der Waals surface area contributed by atoms with Crippen LogP contribution >= 0.6 is 11.3 Å². The van der Waals surface area contributed by atoms with Gasteiger partial charge in [0.05, 0.1) is 17.2 Å². The summed E-state index contributed by atoms with van der Waals surface area (Å²) in [4.78, 5) is 14.6. The van der Waals surface area contributed by atoms with E-state index in [2.05, 4.69) is 10.1 Å². The third-order valence-corrected chi connectivity index (χ3v) is 4.01. The molecular weight excluding hydrogens is 316 g/mol. The highest BCUT2D eigenvalue weighted by Crippen LogP contribution is 2.17. The number of nitro groups is 1. The first-order valence-corrected chi connectivity index (χ1v) is 7.78. The largest absolute Gasteiger partial charge is 0.486 e. The highest BCUT2D eigenvalue weighted by atomic mass is 32.1. The molecule has 0 saturated heterocycles. The van der Waals surface area contributed by atoms with E-state index in [-0.39, 0.29) is 5.69 Å². The van der Waals surface area contributed by atoms with Crippen molar-refractivity contribution in [1.29, 1.82) is 0 Å². The maximum absolute atomic E-state index is 10.6. The number of aryl methyl sites for hydroxylation is 1. The lowest BCUT2D eigenvalue weighted by Crippen LogP contribution is -2.01. The Morgan fingerprint density at radius 3 is 2.83 bits per heavy atom. The lowest BCUT2D eigenvalue weighted by Gasteiger charge is -2.03. The molecule has 7 nitrogen and oxygen atoms in total. The van der Waals surface area contributed by atoms with Gasteiger partial charge in [0.1, 0.15) is 29.8 Å². The van der Waals surface area contributed by atoms with Crippen LogP contribution in [0, 0.1) is 17.0 Å². The molecule has 0 aliphatic heterocycles. The summed E-state index contributed by atoms with van der Waals surface area (Å²) in [6.07, 6.45) is 2.62. The van der Waals surface area contributed by atoms with E-state index in [1.807, 2.05) is 36.6 Å². The number of hydrogen-bond acceptors (Lipinski definition) is 6. The summed E-state index contributed by atoms with van der Waals surface area (Å²) in [5.74, 6) is 0.801. The summed E-state index contributed by atoms with van der Waals surface area (Å²) in [5.41, 5.74) is 1.96. The Morgan fingerprint density at radius 2 is 2.13 bits per heavy atom. The molecule has 3 aromatic rings. The van der Waals surface area contributed by atoms with E-state index in [1.165, 1.54) is 34.0 Å². The minimum Gasteiger partial charge on any atom is -0.486 e. The van der Waals surface area contributed by atoms with Gasteiger partial charge in [-0.25, -0.2) is 4.98 Å². The van der Waals surface area contributed by atoms with Crippen molar-refractivity contribution in [3.05, 3.63) is 68.4 Å². The molecule has 0 aliphatic carbocycles. The third kappa shape index (κ3) is 3.92. The molecule has 0 radical (unpaired) electrons. The summed E-state index contributed by atoms with van der Waals surface area (Å²) in [5, 5.41) is 17.3. The zero-order chi connectivity index (χ0) is 16.2. The second-order valence-corrected chi connectivity index (χ2v) is 5.93. The van der Waals surface area contributed by atoms with Gasteiger partial charge in [0.15, 0.2) is 0 Å². The Labute approximate surface area is 136 Å². The van der Waals surface area contributed by atoms with Gasteiger partial charge in [0.2, 0.25) is 0 Å². The Bertz CT molecular complexity index is 810. The van der Waals surface area contributed by atoms with Gasteiger partial charge < -0.3 is 4.74 Å². The van der Waals surface area contributed by atoms with Crippen molar-refractivity contribution in [3.8, 4) is 5.75 Å². The lowest BCUT2D eigenvalue weighted by atomic mass is 10.2. The van der Waals surface area contributed by atoms with Crippen molar-refractivity contribution in [1.82, 2.24) is 14.8 Å². The minimum atomic E-state index is -0.467. The first-order chi connectivity index (χ1) is 11.1. The van der Waals surface area contributed by atoms with Gasteiger partial charge >= 0.3 is 5.69 Å². The fraction of sp³-hybridized carbons (Fsp3) is 0.200. The first-order valence-electron chi connectivity index (χ1n) is 6.90. The van der Waals surface area contributed by atoms with Crippen LogP contribution in [0.25, 0.3) is 0 Å². The number of thiazole rings is 1. The van der Waals surface area contributed by atoms with Crippen LogP contribution in [0.3, 0.4) is 0 Å². The number of aromatic nitrogens is 3. The third-order valence-electron chi connectivity index (χ3n) is 3.14. The van der Waals surface area contributed by atoms with Crippen molar-refractivity contribution in [2.75, 3.05) is 0 Å². The maximum Gasteiger partial charge on any atom is 0.307 e. The average Bonchev–Trinajstić information content (AvgIpc) is 3.17. The molecule has 118 valence electrons. The Hall–Kier alpha value is -2.74. The van der Waals surface area contributed by atoms with Gasteiger partial charge in [-0.2, -0.15) is 5.10 Å². The Balaban J connectivity index is 1.59. The predicted molar refractivity (Wildman–Crippen MR) is 85.6 cm³/mol. The molecule has 0 fully saturated rings. The Morgan fingerprint density at radius 1 is 1.35 bits per heavy atom. The monoisotopic (exact) mass is 330 g/mol. The molecule has 0 saturated carbocycles. The van der Waals surface area contributed by atoms with Crippen molar-refractivity contribution in [2.24, 2.45) is 0 Å². The smallest absolute Gasteiger partial charge is 0.307 e. The molecule has 0 bridgehead atoms. The fourth-order valence-corrected chi connectivity index (χ4v) is 2.66. The molecule has 8 heteroatoms. The topological polar surface area (TPSA) is 83.1 Å². The van der Waals surface area contributed by atoms with Crippen LogP contribution in [0.2, 0.25) is 0 Å². The normalized spacial score (nSPS) is 10.7. The number of ether oxygens (including phenoxy) is 1. The molecule has 2 aromatic heterocycles. The van der Waals surface area contributed by atoms with Gasteiger partial charge in [0.25, 0.3) is 0 Å². The van der Waals surface area contributed by atoms with Gasteiger partial charge in [-0.05, 0) is 19.1 Å². The highest BCUT2D eigenvalue weighted by molar-refractivity contribution is 7.09. The molecule has 0 aliphatic rings. The van der Waals surface area contributed by atoms with Crippen molar-refractivity contribution in [2.45, 2.75) is 20.1 Å². The summed E-state index contributed by atoms with van der Waals surface area (Å²) in [7, 11) is 0. The van der Waals surface area contributed by atoms with Crippen molar-refractivity contribution < 1.29 is 9.66 Å². The quantitative estimate of drug-likeness (QED) is 0.512. The zero-order valence-corrected chi connectivity index (χ0v) is 13.2. The fourth-order valence-electron chi connectivity index (χ4n) is 1.97. The molecule has 2 heterocycles. The molecule has 0 unspecified atom stereocenters.